The zero-order valence-electron chi connectivity index (χ0n) is 12.8. The van der Waals surface area contributed by atoms with E-state index in [1.807, 2.05) is 6.92 Å². The number of aromatic nitrogens is 2. The summed E-state index contributed by atoms with van der Waals surface area (Å²) in [7, 11) is -1.51. The van der Waals surface area contributed by atoms with Gasteiger partial charge in [0.15, 0.2) is 9.84 Å². The van der Waals surface area contributed by atoms with E-state index in [-0.39, 0.29) is 17.7 Å². The van der Waals surface area contributed by atoms with Crippen molar-refractivity contribution in [2.75, 3.05) is 5.75 Å². The second-order valence-electron chi connectivity index (χ2n) is 5.01. The molecule has 118 valence electrons. The molecule has 0 saturated carbocycles. The molecule has 0 saturated heterocycles. The van der Waals surface area contributed by atoms with Crippen molar-refractivity contribution in [3.63, 3.8) is 0 Å². The summed E-state index contributed by atoms with van der Waals surface area (Å²) in [4.78, 5) is 12.4. The van der Waals surface area contributed by atoms with Gasteiger partial charge in [-0.2, -0.15) is 5.10 Å². The number of rotatable bonds is 5. The molecule has 0 fully saturated rings. The molecule has 0 spiro atoms. The molecular formula is C15H19N3O3S. The summed E-state index contributed by atoms with van der Waals surface area (Å²) in [5, 5.41) is 6.82. The standard InChI is InChI=1S/C15H19N3O3S/c1-4-22(20,21)13-7-5-12(6-8-13)11(2)17-15(19)14-9-10-16-18(14)3/h5-11H,4H2,1-3H3,(H,17,19). The quantitative estimate of drug-likeness (QED) is 0.909. The molecule has 2 aromatic rings. The van der Waals surface area contributed by atoms with Crippen molar-refractivity contribution in [3.05, 3.63) is 47.8 Å². The molecule has 1 aromatic heterocycles. The van der Waals surface area contributed by atoms with Crippen molar-refractivity contribution in [3.8, 4) is 0 Å². The number of hydrogen-bond donors (Lipinski definition) is 1. The minimum atomic E-state index is -3.20. The summed E-state index contributed by atoms with van der Waals surface area (Å²) in [6.45, 7) is 3.46. The molecule has 1 aromatic carbocycles. The molecule has 0 radical (unpaired) electrons. The van der Waals surface area contributed by atoms with Gasteiger partial charge in [-0.3, -0.25) is 9.48 Å². The molecule has 1 N–H and O–H groups in total. The van der Waals surface area contributed by atoms with Gasteiger partial charge in [-0.05, 0) is 30.7 Å². The van der Waals surface area contributed by atoms with Crippen LogP contribution in [0.5, 0.6) is 0 Å². The highest BCUT2D eigenvalue weighted by Gasteiger charge is 2.16. The van der Waals surface area contributed by atoms with E-state index < -0.39 is 9.84 Å². The van der Waals surface area contributed by atoms with E-state index in [2.05, 4.69) is 10.4 Å². The van der Waals surface area contributed by atoms with E-state index in [1.54, 1.807) is 50.5 Å². The number of sulfone groups is 1. The van der Waals surface area contributed by atoms with Crippen LogP contribution in [0, 0.1) is 0 Å². The fourth-order valence-corrected chi connectivity index (χ4v) is 2.97. The minimum absolute atomic E-state index is 0.0686. The lowest BCUT2D eigenvalue weighted by atomic mass is 10.1. The first-order valence-corrected chi connectivity index (χ1v) is 8.62. The summed E-state index contributed by atoms with van der Waals surface area (Å²) < 4.78 is 25.0. The average Bonchev–Trinajstić information content (AvgIpc) is 2.93. The van der Waals surface area contributed by atoms with Gasteiger partial charge in [0.25, 0.3) is 5.91 Å². The molecule has 7 heteroatoms. The third kappa shape index (κ3) is 3.36. The van der Waals surface area contributed by atoms with Gasteiger partial charge in [-0.25, -0.2) is 8.42 Å². The van der Waals surface area contributed by atoms with Gasteiger partial charge in [0, 0.05) is 13.2 Å². The van der Waals surface area contributed by atoms with Gasteiger partial charge in [0.05, 0.1) is 16.7 Å². The Kier molecular flexibility index (Phi) is 4.65. The summed E-state index contributed by atoms with van der Waals surface area (Å²) in [6, 6.07) is 7.98. The fraction of sp³-hybridized carbons (Fsp3) is 0.333. The smallest absolute Gasteiger partial charge is 0.270 e. The zero-order chi connectivity index (χ0) is 16.3. The third-order valence-electron chi connectivity index (χ3n) is 3.52. The Balaban J connectivity index is 2.12. The summed E-state index contributed by atoms with van der Waals surface area (Å²) >= 11 is 0. The molecule has 2 rings (SSSR count). The Morgan fingerprint density at radius 2 is 1.91 bits per heavy atom. The highest BCUT2D eigenvalue weighted by molar-refractivity contribution is 7.91. The van der Waals surface area contributed by atoms with Crippen LogP contribution in [-0.4, -0.2) is 29.9 Å². The second kappa shape index (κ2) is 6.31. The van der Waals surface area contributed by atoms with Crippen LogP contribution >= 0.6 is 0 Å². The number of carbonyl (C=O) groups is 1. The maximum Gasteiger partial charge on any atom is 0.270 e. The first-order chi connectivity index (χ1) is 10.3. The maximum absolute atomic E-state index is 12.1. The monoisotopic (exact) mass is 321 g/mol. The summed E-state index contributed by atoms with van der Waals surface area (Å²) in [5.74, 6) is -0.156. The van der Waals surface area contributed by atoms with Crippen molar-refractivity contribution in [2.24, 2.45) is 7.05 Å². The average molecular weight is 321 g/mol. The highest BCUT2D eigenvalue weighted by atomic mass is 32.2. The number of nitrogens with one attached hydrogen (secondary N) is 1. The first kappa shape index (κ1) is 16.2. The molecule has 0 aliphatic carbocycles. The largest absolute Gasteiger partial charge is 0.344 e. The van der Waals surface area contributed by atoms with Gasteiger partial charge in [0.2, 0.25) is 0 Å². The Labute approximate surface area is 130 Å². The molecule has 1 unspecified atom stereocenters. The fourth-order valence-electron chi connectivity index (χ4n) is 2.08. The molecule has 1 amide bonds. The Hall–Kier alpha value is -2.15. The normalized spacial score (nSPS) is 12.9. The van der Waals surface area contributed by atoms with Gasteiger partial charge in [-0.1, -0.05) is 19.1 Å². The van der Waals surface area contributed by atoms with Gasteiger partial charge in [0.1, 0.15) is 5.69 Å². The number of amides is 1. The van der Waals surface area contributed by atoms with Crippen LogP contribution in [0.2, 0.25) is 0 Å². The SMILES string of the molecule is CCS(=O)(=O)c1ccc(C(C)NC(=O)c2ccnn2C)cc1. The van der Waals surface area contributed by atoms with E-state index >= 15 is 0 Å². The van der Waals surface area contributed by atoms with E-state index in [0.717, 1.165) is 5.56 Å². The van der Waals surface area contributed by atoms with E-state index in [9.17, 15) is 13.2 Å². The lowest BCUT2D eigenvalue weighted by Gasteiger charge is -2.15. The van der Waals surface area contributed by atoms with Crippen LogP contribution in [0.15, 0.2) is 41.4 Å². The van der Waals surface area contributed by atoms with Gasteiger partial charge < -0.3 is 5.32 Å². The first-order valence-electron chi connectivity index (χ1n) is 6.96. The number of carbonyl (C=O) groups excluding carboxylic acids is 1. The molecule has 0 bridgehead atoms. The van der Waals surface area contributed by atoms with Gasteiger partial charge >= 0.3 is 0 Å². The predicted molar refractivity (Wildman–Crippen MR) is 83.3 cm³/mol. The van der Waals surface area contributed by atoms with Crippen LogP contribution < -0.4 is 5.32 Å². The summed E-state index contributed by atoms with van der Waals surface area (Å²) in [6.07, 6.45) is 1.56. The van der Waals surface area contributed by atoms with Crippen molar-refractivity contribution < 1.29 is 13.2 Å². The maximum atomic E-state index is 12.1. The van der Waals surface area contributed by atoms with Crippen molar-refractivity contribution in [1.29, 1.82) is 0 Å². The van der Waals surface area contributed by atoms with Crippen LogP contribution in [0.25, 0.3) is 0 Å². The lowest BCUT2D eigenvalue weighted by molar-refractivity contribution is 0.0930. The van der Waals surface area contributed by atoms with Crippen LogP contribution in [-0.2, 0) is 16.9 Å². The van der Waals surface area contributed by atoms with Crippen molar-refractivity contribution in [1.82, 2.24) is 15.1 Å². The van der Waals surface area contributed by atoms with Crippen LogP contribution in [0.4, 0.5) is 0 Å². The predicted octanol–water partition coefficient (Wildman–Crippen LogP) is 1.70. The van der Waals surface area contributed by atoms with Crippen LogP contribution in [0.1, 0.15) is 35.9 Å². The van der Waals surface area contributed by atoms with E-state index in [4.69, 9.17) is 0 Å². The van der Waals surface area contributed by atoms with Crippen LogP contribution in [0.3, 0.4) is 0 Å². The van der Waals surface area contributed by atoms with Crippen molar-refractivity contribution >= 4 is 15.7 Å². The number of hydrogen-bond acceptors (Lipinski definition) is 4. The van der Waals surface area contributed by atoms with Crippen molar-refractivity contribution in [2.45, 2.75) is 24.8 Å². The highest BCUT2D eigenvalue weighted by Crippen LogP contribution is 2.17. The summed E-state index contributed by atoms with van der Waals surface area (Å²) in [5.41, 5.74) is 1.31. The van der Waals surface area contributed by atoms with E-state index in [1.165, 1.54) is 4.68 Å². The second-order valence-corrected chi connectivity index (χ2v) is 7.29. The molecule has 1 heterocycles. The topological polar surface area (TPSA) is 81.1 Å². The molecule has 6 nitrogen and oxygen atoms in total. The molecular weight excluding hydrogens is 302 g/mol. The van der Waals surface area contributed by atoms with E-state index in [0.29, 0.717) is 10.6 Å². The molecule has 1 atom stereocenters. The Morgan fingerprint density at radius 3 is 2.41 bits per heavy atom. The third-order valence-corrected chi connectivity index (χ3v) is 5.27. The molecule has 0 aliphatic rings. The zero-order valence-corrected chi connectivity index (χ0v) is 13.6. The lowest BCUT2D eigenvalue weighted by Crippen LogP contribution is -2.28. The number of benzene rings is 1. The Morgan fingerprint density at radius 1 is 1.27 bits per heavy atom. The number of aryl methyl sites for hydroxylation is 1. The number of nitrogens with zero attached hydrogens (tertiary/aromatic N) is 2. The Bertz CT molecular complexity index is 764. The molecule has 22 heavy (non-hydrogen) atoms. The minimum Gasteiger partial charge on any atom is -0.344 e. The van der Waals surface area contributed by atoms with Gasteiger partial charge in [-0.15, -0.1) is 0 Å². The molecule has 0 aliphatic heterocycles.